The Kier molecular flexibility index (Phi) is 7.72. The zero-order chi connectivity index (χ0) is 25.0. The second kappa shape index (κ2) is 10.7. The number of nitrogens with one attached hydrogen (secondary N) is 2. The second-order valence-corrected chi connectivity index (χ2v) is 11.4. The summed E-state index contributed by atoms with van der Waals surface area (Å²) in [6, 6.07) is 8.43. The molecule has 0 unspecified atom stereocenters. The molecule has 0 saturated carbocycles. The molecule has 35 heavy (non-hydrogen) atoms. The maximum atomic E-state index is 12.4. The van der Waals surface area contributed by atoms with Gasteiger partial charge in [0.1, 0.15) is 11.6 Å². The van der Waals surface area contributed by atoms with Crippen molar-refractivity contribution < 1.29 is 23.4 Å². The Morgan fingerprint density at radius 1 is 1.29 bits per heavy atom. The number of carbonyl (C=O) groups excluding carboxylic acids is 1. The first-order valence-corrected chi connectivity index (χ1v) is 13.8. The second-order valence-electron chi connectivity index (χ2n) is 8.13. The summed E-state index contributed by atoms with van der Waals surface area (Å²) < 4.78 is 30.7. The fraction of sp³-hybridized carbons (Fsp3) is 0.364. The minimum Gasteiger partial charge on any atom is -0.497 e. The third kappa shape index (κ3) is 6.80. The summed E-state index contributed by atoms with van der Waals surface area (Å²) in [6.45, 7) is 3.88. The Balaban J connectivity index is 1.53. The molecule has 188 valence electrons. The van der Waals surface area contributed by atoms with Crippen LogP contribution in [0.3, 0.4) is 0 Å². The van der Waals surface area contributed by atoms with Crippen LogP contribution in [0.1, 0.15) is 12.6 Å². The van der Waals surface area contributed by atoms with E-state index < -0.39 is 16.6 Å². The average Bonchev–Trinajstić information content (AvgIpc) is 3.27. The van der Waals surface area contributed by atoms with Crippen LogP contribution in [0, 0.1) is 0 Å². The number of hydrogen-bond donors (Lipinski definition) is 4. The molecular formula is C22H28N6O5S2. The maximum absolute atomic E-state index is 12.4. The molecule has 2 aromatic heterocycles. The number of morpholine rings is 1. The fourth-order valence-corrected chi connectivity index (χ4v) is 4.98. The van der Waals surface area contributed by atoms with E-state index in [1.54, 1.807) is 43.6 Å². The maximum Gasteiger partial charge on any atom is 0.325 e. The molecule has 0 spiro atoms. The lowest BCUT2D eigenvalue weighted by Gasteiger charge is -2.35. The van der Waals surface area contributed by atoms with Gasteiger partial charge in [-0.1, -0.05) is 11.3 Å². The van der Waals surface area contributed by atoms with Crippen LogP contribution in [0.15, 0.2) is 36.5 Å². The van der Waals surface area contributed by atoms with Crippen LogP contribution in [0.25, 0.3) is 10.7 Å². The van der Waals surface area contributed by atoms with Gasteiger partial charge in [-0.3, -0.25) is 14.4 Å². The monoisotopic (exact) mass is 520 g/mol. The van der Waals surface area contributed by atoms with Crippen molar-refractivity contribution in [2.45, 2.75) is 18.7 Å². The van der Waals surface area contributed by atoms with Gasteiger partial charge in [0.25, 0.3) is 0 Å². The van der Waals surface area contributed by atoms with E-state index in [1.165, 1.54) is 17.6 Å². The van der Waals surface area contributed by atoms with Gasteiger partial charge in [-0.2, -0.15) is 10.6 Å². The van der Waals surface area contributed by atoms with Gasteiger partial charge in [0.15, 0.2) is 11.0 Å². The highest BCUT2D eigenvalue weighted by molar-refractivity contribution is 8.23. The smallest absolute Gasteiger partial charge is 0.325 e. The molecule has 1 aliphatic heterocycles. The van der Waals surface area contributed by atoms with Crippen molar-refractivity contribution in [2.24, 2.45) is 0 Å². The Labute approximate surface area is 208 Å². The Hall–Kier alpha value is -2.97. The number of anilines is 3. The van der Waals surface area contributed by atoms with Gasteiger partial charge in [-0.25, -0.2) is 19.7 Å². The van der Waals surface area contributed by atoms with Crippen molar-refractivity contribution >= 4 is 44.6 Å². The molecule has 11 nitrogen and oxygen atoms in total. The van der Waals surface area contributed by atoms with Crippen LogP contribution in [0.2, 0.25) is 0 Å². The van der Waals surface area contributed by atoms with Crippen molar-refractivity contribution in [1.29, 1.82) is 0 Å². The molecule has 2 amide bonds. The first kappa shape index (κ1) is 25.1. The molecule has 0 bridgehead atoms. The van der Waals surface area contributed by atoms with Gasteiger partial charge in [0, 0.05) is 24.6 Å². The van der Waals surface area contributed by atoms with Crippen molar-refractivity contribution in [1.82, 2.24) is 15.0 Å². The number of aromatic nitrogens is 3. The van der Waals surface area contributed by atoms with Crippen LogP contribution in [-0.4, -0.2) is 69.3 Å². The number of amides is 2. The van der Waals surface area contributed by atoms with Crippen molar-refractivity contribution in [3.63, 3.8) is 0 Å². The minimum atomic E-state index is -2.80. The van der Waals surface area contributed by atoms with E-state index in [-0.39, 0.29) is 11.8 Å². The van der Waals surface area contributed by atoms with E-state index in [4.69, 9.17) is 14.5 Å². The first-order chi connectivity index (χ1) is 16.7. The predicted molar refractivity (Wildman–Crippen MR) is 139 cm³/mol. The number of carbonyl (C=O) groups is 1. The SMILES string of the molecule is COc1ccc(NC(=O)Nc2ncc(-c3nc(CS(C)(O)O)cc(N4CCOC[C@@H]4C)n3)s2)cc1. The molecule has 1 fully saturated rings. The summed E-state index contributed by atoms with van der Waals surface area (Å²) >= 11 is 1.22. The molecule has 3 heterocycles. The normalized spacial score (nSPS) is 16.6. The summed E-state index contributed by atoms with van der Waals surface area (Å²) in [4.78, 5) is 28.7. The highest BCUT2D eigenvalue weighted by atomic mass is 32.3. The number of hydrogen-bond acceptors (Lipinski definition) is 10. The summed E-state index contributed by atoms with van der Waals surface area (Å²) in [5, 5.41) is 5.83. The molecule has 3 aromatic rings. The van der Waals surface area contributed by atoms with Gasteiger partial charge in [0.05, 0.1) is 48.9 Å². The van der Waals surface area contributed by atoms with E-state index in [0.717, 1.165) is 0 Å². The lowest BCUT2D eigenvalue weighted by atomic mass is 10.2. The van der Waals surface area contributed by atoms with Gasteiger partial charge < -0.3 is 19.7 Å². The van der Waals surface area contributed by atoms with Crippen LogP contribution in [0.4, 0.5) is 21.4 Å². The van der Waals surface area contributed by atoms with Crippen LogP contribution in [0.5, 0.6) is 5.75 Å². The quantitative estimate of drug-likeness (QED) is 0.357. The largest absolute Gasteiger partial charge is 0.497 e. The van der Waals surface area contributed by atoms with Gasteiger partial charge in [-0.15, -0.1) is 0 Å². The molecule has 0 radical (unpaired) electrons. The standard InChI is InChI=1S/C22H28N6O5S2/c1-14-12-33-9-8-28(14)19-10-16(13-35(3,30)31)24-20(26-19)18-11-23-22(34-18)27-21(29)25-15-4-6-17(32-2)7-5-15/h4-7,10-11,14,30-31H,8-9,12-13H2,1-3H3,(H2,23,25,27,29)/t14-/m0/s1. The summed E-state index contributed by atoms with van der Waals surface area (Å²) in [5.41, 5.74) is 1.13. The third-order valence-corrected chi connectivity index (χ3v) is 6.89. The average molecular weight is 521 g/mol. The van der Waals surface area contributed by atoms with Crippen LogP contribution in [-0.2, 0) is 10.5 Å². The van der Waals surface area contributed by atoms with E-state index in [1.807, 2.05) is 6.92 Å². The minimum absolute atomic E-state index is 0.0163. The zero-order valence-corrected chi connectivity index (χ0v) is 21.2. The highest BCUT2D eigenvalue weighted by Gasteiger charge is 2.23. The molecular weight excluding hydrogens is 492 g/mol. The lowest BCUT2D eigenvalue weighted by Crippen LogP contribution is -2.44. The number of methoxy groups -OCH3 is 1. The lowest BCUT2D eigenvalue weighted by molar-refractivity contribution is 0.0985. The fourth-order valence-electron chi connectivity index (χ4n) is 3.53. The number of ether oxygens (including phenoxy) is 2. The number of benzene rings is 1. The third-order valence-electron chi connectivity index (χ3n) is 5.14. The molecule has 0 aliphatic carbocycles. The Morgan fingerprint density at radius 3 is 2.74 bits per heavy atom. The van der Waals surface area contributed by atoms with Gasteiger partial charge in [0.2, 0.25) is 0 Å². The van der Waals surface area contributed by atoms with Crippen molar-refractivity contribution in [2.75, 3.05) is 48.7 Å². The summed E-state index contributed by atoms with van der Waals surface area (Å²) in [6.07, 6.45) is 2.98. The topological polar surface area (TPSA) is 142 Å². The number of thiazole rings is 1. The number of urea groups is 1. The van der Waals surface area contributed by atoms with Gasteiger partial charge in [-0.05, 0) is 31.2 Å². The molecule has 1 aromatic carbocycles. The molecule has 4 rings (SSSR count). The van der Waals surface area contributed by atoms with Crippen LogP contribution >= 0.6 is 21.9 Å². The Morgan fingerprint density at radius 2 is 2.06 bits per heavy atom. The van der Waals surface area contributed by atoms with E-state index in [2.05, 4.69) is 25.5 Å². The van der Waals surface area contributed by atoms with E-state index in [9.17, 15) is 13.9 Å². The van der Waals surface area contributed by atoms with Gasteiger partial charge >= 0.3 is 6.03 Å². The number of rotatable bonds is 7. The van der Waals surface area contributed by atoms with Crippen molar-refractivity contribution in [3.05, 3.63) is 42.2 Å². The Bertz CT molecular complexity index is 1170. The van der Waals surface area contributed by atoms with E-state index in [0.29, 0.717) is 58.5 Å². The highest BCUT2D eigenvalue weighted by Crippen LogP contribution is 2.39. The molecule has 4 N–H and O–H groups in total. The zero-order valence-electron chi connectivity index (χ0n) is 19.6. The number of nitrogens with zero attached hydrogens (tertiary/aromatic N) is 4. The van der Waals surface area contributed by atoms with Crippen LogP contribution < -0.4 is 20.3 Å². The summed E-state index contributed by atoms with van der Waals surface area (Å²) in [5.74, 6) is 1.80. The first-order valence-electron chi connectivity index (χ1n) is 10.8. The molecule has 1 aliphatic rings. The van der Waals surface area contributed by atoms with Crippen molar-refractivity contribution in [3.8, 4) is 16.5 Å². The molecule has 1 atom stereocenters. The summed E-state index contributed by atoms with van der Waals surface area (Å²) in [7, 11) is -1.23. The van der Waals surface area contributed by atoms with E-state index >= 15 is 0 Å². The molecule has 13 heteroatoms. The molecule has 1 saturated heterocycles. The predicted octanol–water partition coefficient (Wildman–Crippen LogP) is 4.36.